The van der Waals surface area contributed by atoms with Gasteiger partial charge in [0.2, 0.25) is 0 Å². The lowest BCUT2D eigenvalue weighted by Crippen LogP contribution is -2.51. The first-order chi connectivity index (χ1) is 9.45. The molecule has 5 nitrogen and oxygen atoms in total. The maximum absolute atomic E-state index is 11.5. The molecule has 0 spiro atoms. The van der Waals surface area contributed by atoms with E-state index in [4.69, 9.17) is 5.73 Å². The molecule has 1 aliphatic rings. The SMILES string of the molecule is NC(Cc1ccc(O)cc1)C(O)C1(C(=O)O)CCCC1. The van der Waals surface area contributed by atoms with E-state index in [-0.39, 0.29) is 5.75 Å². The number of carboxylic acids is 1. The number of hydrogen-bond acceptors (Lipinski definition) is 4. The number of rotatable bonds is 5. The van der Waals surface area contributed by atoms with Crippen LogP contribution in [0.25, 0.3) is 0 Å². The first-order valence-electron chi connectivity index (χ1n) is 6.91. The number of aromatic hydroxyl groups is 1. The summed E-state index contributed by atoms with van der Waals surface area (Å²) in [4.78, 5) is 11.5. The van der Waals surface area contributed by atoms with Gasteiger partial charge in [-0.15, -0.1) is 0 Å². The number of aliphatic carboxylic acids is 1. The molecular formula is C15H21NO4. The van der Waals surface area contributed by atoms with Crippen LogP contribution >= 0.6 is 0 Å². The van der Waals surface area contributed by atoms with Gasteiger partial charge in [0, 0.05) is 6.04 Å². The third-order valence-electron chi connectivity index (χ3n) is 4.30. The van der Waals surface area contributed by atoms with Crippen LogP contribution in [0, 0.1) is 5.41 Å². The standard InChI is InChI=1S/C15H21NO4/c16-12(9-10-3-5-11(17)6-4-10)13(18)15(14(19)20)7-1-2-8-15/h3-6,12-13,17-18H,1-2,7-9,16H2,(H,19,20). The lowest BCUT2D eigenvalue weighted by Gasteiger charge is -2.33. The number of aliphatic hydroxyl groups is 1. The smallest absolute Gasteiger partial charge is 0.312 e. The van der Waals surface area contributed by atoms with Crippen molar-refractivity contribution in [2.45, 2.75) is 44.2 Å². The van der Waals surface area contributed by atoms with Gasteiger partial charge in [-0.25, -0.2) is 0 Å². The van der Waals surface area contributed by atoms with Crippen LogP contribution in [0.15, 0.2) is 24.3 Å². The number of carbonyl (C=O) groups is 1. The molecule has 0 aromatic heterocycles. The zero-order valence-electron chi connectivity index (χ0n) is 11.3. The molecule has 2 rings (SSSR count). The summed E-state index contributed by atoms with van der Waals surface area (Å²) in [5.41, 5.74) is 5.78. The third-order valence-corrected chi connectivity index (χ3v) is 4.30. The van der Waals surface area contributed by atoms with Gasteiger partial charge in [0.1, 0.15) is 5.75 Å². The van der Waals surface area contributed by atoms with Crippen LogP contribution in [-0.2, 0) is 11.2 Å². The Morgan fingerprint density at radius 2 is 1.80 bits per heavy atom. The Balaban J connectivity index is 2.09. The van der Waals surface area contributed by atoms with E-state index in [1.54, 1.807) is 24.3 Å². The van der Waals surface area contributed by atoms with Crippen molar-refractivity contribution in [3.63, 3.8) is 0 Å². The minimum atomic E-state index is -1.10. The van der Waals surface area contributed by atoms with Crippen molar-refractivity contribution in [3.05, 3.63) is 29.8 Å². The van der Waals surface area contributed by atoms with Gasteiger partial charge in [0.25, 0.3) is 0 Å². The molecule has 20 heavy (non-hydrogen) atoms. The highest BCUT2D eigenvalue weighted by molar-refractivity contribution is 5.76. The minimum Gasteiger partial charge on any atom is -0.508 e. The summed E-state index contributed by atoms with van der Waals surface area (Å²) in [5.74, 6) is -0.788. The molecule has 1 saturated carbocycles. The highest BCUT2D eigenvalue weighted by Crippen LogP contribution is 2.42. The van der Waals surface area contributed by atoms with Crippen molar-refractivity contribution in [1.29, 1.82) is 0 Å². The molecule has 5 N–H and O–H groups in total. The summed E-state index contributed by atoms with van der Waals surface area (Å²) in [6, 6.07) is 5.93. The molecule has 2 atom stereocenters. The molecule has 2 unspecified atom stereocenters. The van der Waals surface area contributed by atoms with Gasteiger partial charge in [-0.05, 0) is 37.0 Å². The van der Waals surface area contributed by atoms with Gasteiger partial charge in [0.15, 0.2) is 0 Å². The number of aliphatic hydroxyl groups excluding tert-OH is 1. The molecule has 0 saturated heterocycles. The molecule has 1 fully saturated rings. The molecule has 0 radical (unpaired) electrons. The van der Waals surface area contributed by atoms with E-state index in [1.807, 2.05) is 0 Å². The molecule has 0 aliphatic heterocycles. The Labute approximate surface area is 118 Å². The molecular weight excluding hydrogens is 258 g/mol. The van der Waals surface area contributed by atoms with Gasteiger partial charge < -0.3 is 21.1 Å². The van der Waals surface area contributed by atoms with Crippen LogP contribution in [0.1, 0.15) is 31.2 Å². The number of hydrogen-bond donors (Lipinski definition) is 4. The predicted molar refractivity (Wildman–Crippen MR) is 74.3 cm³/mol. The van der Waals surface area contributed by atoms with Crippen molar-refractivity contribution in [1.82, 2.24) is 0 Å². The van der Waals surface area contributed by atoms with E-state index in [0.717, 1.165) is 18.4 Å². The summed E-state index contributed by atoms with van der Waals surface area (Å²) in [6.45, 7) is 0. The highest BCUT2D eigenvalue weighted by Gasteiger charge is 2.49. The summed E-state index contributed by atoms with van der Waals surface area (Å²) in [5, 5.41) is 29.1. The first-order valence-corrected chi connectivity index (χ1v) is 6.91. The van der Waals surface area contributed by atoms with Gasteiger partial charge in [-0.2, -0.15) is 0 Å². The average Bonchev–Trinajstić information content (AvgIpc) is 2.91. The van der Waals surface area contributed by atoms with Crippen LogP contribution in [0.4, 0.5) is 0 Å². The molecule has 0 heterocycles. The molecule has 5 heteroatoms. The van der Waals surface area contributed by atoms with Crippen molar-refractivity contribution in [2.24, 2.45) is 11.1 Å². The monoisotopic (exact) mass is 279 g/mol. The Morgan fingerprint density at radius 3 is 2.30 bits per heavy atom. The maximum Gasteiger partial charge on any atom is 0.312 e. The maximum atomic E-state index is 11.5. The first kappa shape index (κ1) is 14.8. The summed E-state index contributed by atoms with van der Waals surface area (Å²) >= 11 is 0. The van der Waals surface area contributed by atoms with E-state index in [1.165, 1.54) is 0 Å². The predicted octanol–water partition coefficient (Wildman–Crippen LogP) is 1.27. The largest absolute Gasteiger partial charge is 0.508 e. The number of phenols is 1. The fraction of sp³-hybridized carbons (Fsp3) is 0.533. The van der Waals surface area contributed by atoms with Gasteiger partial charge in [0.05, 0.1) is 11.5 Å². The van der Waals surface area contributed by atoms with E-state index in [0.29, 0.717) is 19.3 Å². The van der Waals surface area contributed by atoms with E-state index >= 15 is 0 Å². The lowest BCUT2D eigenvalue weighted by molar-refractivity contribution is -0.157. The highest BCUT2D eigenvalue weighted by atomic mass is 16.4. The Kier molecular flexibility index (Phi) is 4.30. The summed E-state index contributed by atoms with van der Waals surface area (Å²) in [7, 11) is 0. The van der Waals surface area contributed by atoms with Gasteiger partial charge in [-0.3, -0.25) is 4.79 Å². The van der Waals surface area contributed by atoms with Crippen LogP contribution in [-0.4, -0.2) is 33.4 Å². The van der Waals surface area contributed by atoms with E-state index < -0.39 is 23.5 Å². The molecule has 0 bridgehead atoms. The van der Waals surface area contributed by atoms with Gasteiger partial charge in [-0.1, -0.05) is 25.0 Å². The fourth-order valence-electron chi connectivity index (χ4n) is 3.07. The normalized spacial score (nSPS) is 20.5. The Bertz CT molecular complexity index is 465. The number of benzene rings is 1. The van der Waals surface area contributed by atoms with Crippen LogP contribution < -0.4 is 5.73 Å². The molecule has 110 valence electrons. The van der Waals surface area contributed by atoms with Crippen LogP contribution in [0.3, 0.4) is 0 Å². The summed E-state index contributed by atoms with van der Waals surface area (Å²) < 4.78 is 0. The zero-order chi connectivity index (χ0) is 14.8. The second-order valence-corrected chi connectivity index (χ2v) is 5.65. The Hall–Kier alpha value is -1.59. The van der Waals surface area contributed by atoms with Crippen molar-refractivity contribution >= 4 is 5.97 Å². The number of carboxylic acid groups (broad SMARTS) is 1. The quantitative estimate of drug-likeness (QED) is 0.650. The summed E-state index contributed by atoms with van der Waals surface area (Å²) in [6.07, 6.45) is 1.91. The average molecular weight is 279 g/mol. The second-order valence-electron chi connectivity index (χ2n) is 5.65. The topological polar surface area (TPSA) is 104 Å². The van der Waals surface area contributed by atoms with E-state index in [9.17, 15) is 20.1 Å². The van der Waals surface area contributed by atoms with Crippen molar-refractivity contribution in [3.8, 4) is 5.75 Å². The van der Waals surface area contributed by atoms with Gasteiger partial charge >= 0.3 is 5.97 Å². The second kappa shape index (κ2) is 5.81. The number of nitrogens with two attached hydrogens (primary N) is 1. The van der Waals surface area contributed by atoms with Crippen LogP contribution in [0.5, 0.6) is 5.75 Å². The minimum absolute atomic E-state index is 0.167. The van der Waals surface area contributed by atoms with Crippen molar-refractivity contribution in [2.75, 3.05) is 0 Å². The molecule has 1 aromatic rings. The Morgan fingerprint density at radius 1 is 1.25 bits per heavy atom. The number of phenolic OH excluding ortho intramolecular Hbond substituents is 1. The van der Waals surface area contributed by atoms with E-state index in [2.05, 4.69) is 0 Å². The van der Waals surface area contributed by atoms with Crippen molar-refractivity contribution < 1.29 is 20.1 Å². The zero-order valence-corrected chi connectivity index (χ0v) is 11.3. The molecule has 1 aromatic carbocycles. The van der Waals surface area contributed by atoms with Crippen LogP contribution in [0.2, 0.25) is 0 Å². The third kappa shape index (κ3) is 2.78. The lowest BCUT2D eigenvalue weighted by atomic mass is 9.76. The molecule has 0 amide bonds. The molecule has 1 aliphatic carbocycles. The fourth-order valence-corrected chi connectivity index (χ4v) is 3.07.